The van der Waals surface area contributed by atoms with Crippen LogP contribution in [0.15, 0.2) is 18.2 Å². The van der Waals surface area contributed by atoms with Crippen LogP contribution in [-0.4, -0.2) is 40.0 Å². The molecule has 1 aromatic rings. The van der Waals surface area contributed by atoms with E-state index in [1.165, 1.54) is 12.1 Å². The van der Waals surface area contributed by atoms with Gasteiger partial charge >= 0.3 is 0 Å². The smallest absolute Gasteiger partial charge is 0.296 e. The van der Waals surface area contributed by atoms with Gasteiger partial charge in [-0.15, -0.1) is 0 Å². The second-order valence-electron chi connectivity index (χ2n) is 4.88. The number of nitrogens with zero attached hydrogens (tertiary/aromatic N) is 2. The summed E-state index contributed by atoms with van der Waals surface area (Å²) in [4.78, 5) is 23.4. The van der Waals surface area contributed by atoms with Crippen LogP contribution in [-0.2, 0) is 4.79 Å². The van der Waals surface area contributed by atoms with E-state index in [2.05, 4.69) is 5.32 Å². The summed E-state index contributed by atoms with van der Waals surface area (Å²) < 4.78 is 0. The van der Waals surface area contributed by atoms with E-state index in [9.17, 15) is 20.0 Å². The summed E-state index contributed by atoms with van der Waals surface area (Å²) in [5.41, 5.74) is 0.257. The number of nitro groups is 1. The molecule has 0 radical (unpaired) electrons. The molecular formula is C13H17N3O4. The fourth-order valence-electron chi connectivity index (χ4n) is 2.35. The monoisotopic (exact) mass is 279 g/mol. The van der Waals surface area contributed by atoms with Crippen molar-refractivity contribution in [1.29, 1.82) is 0 Å². The molecule has 0 aliphatic carbocycles. The zero-order chi connectivity index (χ0) is 14.7. The predicted molar refractivity (Wildman–Crippen MR) is 73.7 cm³/mol. The number of phenols is 1. The molecule has 2 N–H and O–H groups in total. The van der Waals surface area contributed by atoms with E-state index in [1.54, 1.807) is 11.8 Å². The number of piperidine rings is 1. The van der Waals surface area contributed by atoms with Crippen LogP contribution in [0.3, 0.4) is 0 Å². The highest BCUT2D eigenvalue weighted by Gasteiger charge is 2.23. The van der Waals surface area contributed by atoms with Crippen LogP contribution >= 0.6 is 0 Å². The Balaban J connectivity index is 2.04. The van der Waals surface area contributed by atoms with Crippen molar-refractivity contribution < 1.29 is 14.8 Å². The molecule has 0 saturated carbocycles. The Bertz CT molecular complexity index is 524. The second kappa shape index (κ2) is 5.77. The van der Waals surface area contributed by atoms with Crippen molar-refractivity contribution in [3.8, 4) is 5.75 Å². The van der Waals surface area contributed by atoms with E-state index in [0.717, 1.165) is 18.9 Å². The summed E-state index contributed by atoms with van der Waals surface area (Å²) in [6.45, 7) is 2.84. The number of hydrogen-bond acceptors (Lipinski definition) is 5. The number of amides is 1. The number of aromatic hydroxyl groups is 1. The number of nitro benzene ring substituents is 1. The van der Waals surface area contributed by atoms with E-state index >= 15 is 0 Å². The molecule has 0 atom stereocenters. The highest BCUT2D eigenvalue weighted by Crippen LogP contribution is 2.30. The fraction of sp³-hybridized carbons (Fsp3) is 0.462. The quantitative estimate of drug-likeness (QED) is 0.499. The molecule has 1 saturated heterocycles. The van der Waals surface area contributed by atoms with Gasteiger partial charge in [-0.1, -0.05) is 0 Å². The van der Waals surface area contributed by atoms with Gasteiger partial charge in [0.2, 0.25) is 5.91 Å². The van der Waals surface area contributed by atoms with E-state index in [0.29, 0.717) is 18.8 Å². The first-order valence-corrected chi connectivity index (χ1v) is 6.47. The van der Waals surface area contributed by atoms with E-state index in [1.807, 2.05) is 0 Å². The van der Waals surface area contributed by atoms with Crippen LogP contribution in [0.2, 0.25) is 0 Å². The minimum atomic E-state index is -0.521. The summed E-state index contributed by atoms with van der Waals surface area (Å²) >= 11 is 0. The topological polar surface area (TPSA) is 95.7 Å². The van der Waals surface area contributed by atoms with Gasteiger partial charge in [-0.05, 0) is 25.0 Å². The normalized spacial score (nSPS) is 15.9. The Morgan fingerprint density at radius 1 is 1.45 bits per heavy atom. The third-order valence-electron chi connectivity index (χ3n) is 3.48. The van der Waals surface area contributed by atoms with Gasteiger partial charge in [0.25, 0.3) is 5.69 Å². The molecule has 2 rings (SSSR count). The summed E-state index contributed by atoms with van der Waals surface area (Å²) in [6, 6.07) is 4.14. The van der Waals surface area contributed by atoms with Crippen molar-refractivity contribution in [2.24, 2.45) is 0 Å². The molecule has 1 heterocycles. The molecule has 1 aromatic carbocycles. The highest BCUT2D eigenvalue weighted by molar-refractivity contribution is 5.73. The van der Waals surface area contributed by atoms with Crippen molar-refractivity contribution in [3.63, 3.8) is 0 Å². The van der Waals surface area contributed by atoms with Crippen molar-refractivity contribution in [3.05, 3.63) is 28.3 Å². The van der Waals surface area contributed by atoms with Crippen LogP contribution < -0.4 is 5.32 Å². The maximum atomic E-state index is 11.2. The van der Waals surface area contributed by atoms with Gasteiger partial charge in [0.05, 0.1) is 11.0 Å². The van der Waals surface area contributed by atoms with E-state index in [-0.39, 0.29) is 23.4 Å². The zero-order valence-electron chi connectivity index (χ0n) is 11.2. The van der Waals surface area contributed by atoms with Gasteiger partial charge in [0.1, 0.15) is 11.4 Å². The predicted octanol–water partition coefficient (Wildman–Crippen LogP) is 1.72. The molecule has 1 amide bonds. The lowest BCUT2D eigenvalue weighted by molar-refractivity contribution is -0.384. The number of phenolic OH excluding ortho intramolecular Hbond substituents is 1. The maximum absolute atomic E-state index is 11.2. The average Bonchev–Trinajstić information content (AvgIpc) is 2.41. The number of likely N-dealkylation sites (tertiary alicyclic amines) is 1. The molecule has 0 spiro atoms. The minimum absolute atomic E-state index is 0.0547. The van der Waals surface area contributed by atoms with Gasteiger partial charge in [0.15, 0.2) is 0 Å². The van der Waals surface area contributed by atoms with Gasteiger partial charge in [-0.3, -0.25) is 14.9 Å². The Hall–Kier alpha value is -2.31. The molecule has 1 fully saturated rings. The molecule has 0 bridgehead atoms. The SMILES string of the molecule is CC(=O)N1CCC(Nc2ccc(O)cc2[N+](=O)[O-])CC1. The third-order valence-corrected chi connectivity index (χ3v) is 3.48. The number of hydrogen-bond donors (Lipinski definition) is 2. The Morgan fingerprint density at radius 2 is 2.10 bits per heavy atom. The molecule has 7 heteroatoms. The van der Waals surface area contributed by atoms with Crippen molar-refractivity contribution in [2.45, 2.75) is 25.8 Å². The molecular weight excluding hydrogens is 262 g/mol. The van der Waals surface area contributed by atoms with Gasteiger partial charge in [-0.2, -0.15) is 0 Å². The third kappa shape index (κ3) is 3.17. The minimum Gasteiger partial charge on any atom is -0.508 e. The van der Waals surface area contributed by atoms with Gasteiger partial charge in [-0.25, -0.2) is 0 Å². The van der Waals surface area contributed by atoms with Gasteiger partial charge in [0, 0.05) is 26.1 Å². The second-order valence-corrected chi connectivity index (χ2v) is 4.88. The number of carbonyl (C=O) groups excluding carboxylic acids is 1. The Labute approximate surface area is 116 Å². The average molecular weight is 279 g/mol. The summed E-state index contributed by atoms with van der Waals surface area (Å²) in [5, 5.41) is 23.4. The van der Waals surface area contributed by atoms with Crippen molar-refractivity contribution in [1.82, 2.24) is 4.90 Å². The van der Waals surface area contributed by atoms with Crippen LogP contribution in [0.4, 0.5) is 11.4 Å². The standard InChI is InChI=1S/C13H17N3O4/c1-9(17)15-6-4-10(5-7-15)14-12-3-2-11(18)8-13(12)16(19)20/h2-3,8,10,14,18H,4-7H2,1H3. The van der Waals surface area contributed by atoms with E-state index < -0.39 is 4.92 Å². The lowest BCUT2D eigenvalue weighted by atomic mass is 10.0. The molecule has 7 nitrogen and oxygen atoms in total. The summed E-state index contributed by atoms with van der Waals surface area (Å²) in [7, 11) is 0. The van der Waals surface area contributed by atoms with E-state index in [4.69, 9.17) is 0 Å². The number of benzene rings is 1. The lowest BCUT2D eigenvalue weighted by Gasteiger charge is -2.32. The molecule has 0 unspecified atom stereocenters. The number of anilines is 1. The lowest BCUT2D eigenvalue weighted by Crippen LogP contribution is -2.41. The largest absolute Gasteiger partial charge is 0.508 e. The Morgan fingerprint density at radius 3 is 2.65 bits per heavy atom. The van der Waals surface area contributed by atoms with Crippen molar-refractivity contribution >= 4 is 17.3 Å². The number of rotatable bonds is 3. The highest BCUT2D eigenvalue weighted by atomic mass is 16.6. The molecule has 1 aliphatic heterocycles. The number of nitrogens with one attached hydrogen (secondary N) is 1. The molecule has 20 heavy (non-hydrogen) atoms. The van der Waals surface area contributed by atoms with Crippen LogP contribution in [0.5, 0.6) is 5.75 Å². The fourth-order valence-corrected chi connectivity index (χ4v) is 2.35. The first-order valence-electron chi connectivity index (χ1n) is 6.47. The van der Waals surface area contributed by atoms with Crippen LogP contribution in [0.25, 0.3) is 0 Å². The zero-order valence-corrected chi connectivity index (χ0v) is 11.2. The van der Waals surface area contributed by atoms with Crippen molar-refractivity contribution in [2.75, 3.05) is 18.4 Å². The van der Waals surface area contributed by atoms with Gasteiger partial charge < -0.3 is 15.3 Å². The summed E-state index contributed by atoms with van der Waals surface area (Å²) in [6.07, 6.45) is 1.50. The molecule has 1 aliphatic rings. The Kier molecular flexibility index (Phi) is 4.07. The summed E-state index contributed by atoms with van der Waals surface area (Å²) in [5.74, 6) is -0.0762. The van der Waals surface area contributed by atoms with Crippen LogP contribution in [0.1, 0.15) is 19.8 Å². The first-order chi connectivity index (χ1) is 9.47. The molecule has 0 aromatic heterocycles. The number of carbonyl (C=O) groups is 1. The molecule has 108 valence electrons. The maximum Gasteiger partial charge on any atom is 0.296 e. The first kappa shape index (κ1) is 14.1. The van der Waals surface area contributed by atoms with Crippen LogP contribution in [0, 0.1) is 10.1 Å².